The average Bonchev–Trinajstić information content (AvgIpc) is 3.34. The van der Waals surface area contributed by atoms with Crippen molar-refractivity contribution in [3.8, 4) is 17.1 Å². The van der Waals surface area contributed by atoms with Crippen LogP contribution in [0, 0.1) is 0 Å². The molecule has 1 atom stereocenters. The molecule has 3 aromatic rings. The lowest BCUT2D eigenvalue weighted by Crippen LogP contribution is -2.30. The number of aryl methyl sites for hydroxylation is 1. The fourth-order valence-corrected chi connectivity index (χ4v) is 2.84. The Bertz CT molecular complexity index is 967. The summed E-state index contributed by atoms with van der Waals surface area (Å²) in [5, 5.41) is 6.47. The van der Waals surface area contributed by atoms with Gasteiger partial charge in [0.05, 0.1) is 6.04 Å². The van der Waals surface area contributed by atoms with Gasteiger partial charge in [0.15, 0.2) is 0 Å². The van der Waals surface area contributed by atoms with Crippen LogP contribution in [-0.4, -0.2) is 27.2 Å². The molecular formula is C17H14F2N4O3. The van der Waals surface area contributed by atoms with Gasteiger partial charge >= 0.3 is 6.43 Å². The Morgan fingerprint density at radius 1 is 1.38 bits per heavy atom. The van der Waals surface area contributed by atoms with Crippen LogP contribution in [0.3, 0.4) is 0 Å². The molecule has 26 heavy (non-hydrogen) atoms. The summed E-state index contributed by atoms with van der Waals surface area (Å²) in [5.41, 5.74) is 1.84. The van der Waals surface area contributed by atoms with Crippen molar-refractivity contribution in [3.63, 3.8) is 0 Å². The molecule has 9 heteroatoms. The summed E-state index contributed by atoms with van der Waals surface area (Å²) in [5.74, 6) is -0.331. The lowest BCUT2D eigenvalue weighted by Gasteiger charge is -2.12. The molecule has 0 saturated heterocycles. The van der Waals surface area contributed by atoms with Crippen LogP contribution in [-0.2, 0) is 7.05 Å². The molecule has 1 aromatic carbocycles. The van der Waals surface area contributed by atoms with Crippen LogP contribution in [0.15, 0.2) is 41.1 Å². The number of hydrogen-bond acceptors (Lipinski definition) is 5. The molecule has 0 aliphatic carbocycles. The Hall–Kier alpha value is -3.23. The second kappa shape index (κ2) is 6.25. The van der Waals surface area contributed by atoms with E-state index >= 15 is 0 Å². The summed E-state index contributed by atoms with van der Waals surface area (Å²) >= 11 is 0. The number of fused-ring (bicyclic) bond motifs is 1. The molecule has 0 saturated carbocycles. The summed E-state index contributed by atoms with van der Waals surface area (Å²) < 4.78 is 37.0. The number of aromatic nitrogens is 3. The van der Waals surface area contributed by atoms with Gasteiger partial charge in [0.2, 0.25) is 5.82 Å². The Balaban J connectivity index is 1.54. The Kier molecular flexibility index (Phi) is 3.90. The maximum Gasteiger partial charge on any atom is 0.315 e. The van der Waals surface area contributed by atoms with E-state index in [1.54, 1.807) is 48.1 Å². The highest BCUT2D eigenvalue weighted by Crippen LogP contribution is 2.35. The van der Waals surface area contributed by atoms with Crippen molar-refractivity contribution in [1.82, 2.24) is 20.0 Å². The van der Waals surface area contributed by atoms with Gasteiger partial charge in [-0.3, -0.25) is 4.79 Å². The van der Waals surface area contributed by atoms with Crippen molar-refractivity contribution in [1.29, 1.82) is 0 Å². The van der Waals surface area contributed by atoms with Crippen molar-refractivity contribution in [3.05, 3.63) is 53.7 Å². The third-order valence-corrected chi connectivity index (χ3v) is 4.16. The second-order valence-electron chi connectivity index (χ2n) is 5.85. The zero-order valence-electron chi connectivity index (χ0n) is 13.6. The maximum absolute atomic E-state index is 12.6. The molecule has 2 aromatic heterocycles. The number of rotatable bonds is 4. The largest absolute Gasteiger partial charge is 0.491 e. The van der Waals surface area contributed by atoms with E-state index in [2.05, 4.69) is 20.0 Å². The van der Waals surface area contributed by atoms with Crippen LogP contribution < -0.4 is 10.1 Å². The van der Waals surface area contributed by atoms with Crippen molar-refractivity contribution < 1.29 is 22.8 Å². The van der Waals surface area contributed by atoms with Crippen LogP contribution in [0.4, 0.5) is 8.78 Å². The smallest absolute Gasteiger partial charge is 0.315 e. The number of ether oxygens (including phenoxy) is 1. The molecule has 4 rings (SSSR count). The molecule has 3 heterocycles. The first-order chi connectivity index (χ1) is 12.5. The lowest BCUT2D eigenvalue weighted by molar-refractivity contribution is 0.0922. The van der Waals surface area contributed by atoms with Gasteiger partial charge in [-0.1, -0.05) is 17.3 Å². The number of alkyl halides is 2. The Labute approximate surface area is 146 Å². The highest BCUT2D eigenvalue weighted by Gasteiger charge is 2.27. The monoisotopic (exact) mass is 360 g/mol. The summed E-state index contributed by atoms with van der Waals surface area (Å²) in [6.07, 6.45) is -1.03. The van der Waals surface area contributed by atoms with Crippen LogP contribution in [0.25, 0.3) is 11.4 Å². The van der Waals surface area contributed by atoms with Crippen LogP contribution >= 0.6 is 0 Å². The van der Waals surface area contributed by atoms with Crippen LogP contribution in [0.2, 0.25) is 0 Å². The van der Waals surface area contributed by atoms with Crippen molar-refractivity contribution in [2.75, 3.05) is 6.61 Å². The highest BCUT2D eigenvalue weighted by atomic mass is 19.3. The number of nitrogens with zero attached hydrogens (tertiary/aromatic N) is 3. The Morgan fingerprint density at radius 3 is 2.92 bits per heavy atom. The summed E-state index contributed by atoms with van der Waals surface area (Å²) in [4.78, 5) is 16.0. The normalized spacial score (nSPS) is 15.8. The minimum atomic E-state index is -2.82. The molecule has 134 valence electrons. The number of nitrogens with one attached hydrogen (secondary N) is 1. The van der Waals surface area contributed by atoms with Crippen molar-refractivity contribution in [2.45, 2.75) is 12.5 Å². The minimum Gasteiger partial charge on any atom is -0.491 e. The SMILES string of the molecule is Cn1cccc1C(=O)N[C@@H]1COc2cc(-c3noc(C(F)F)n3)ccc21. The van der Waals surface area contributed by atoms with Gasteiger partial charge in [0, 0.05) is 24.4 Å². The molecule has 1 N–H and O–H groups in total. The second-order valence-corrected chi connectivity index (χ2v) is 5.85. The fraction of sp³-hybridized carbons (Fsp3) is 0.235. The molecule has 0 spiro atoms. The number of hydrogen-bond donors (Lipinski definition) is 1. The molecule has 1 amide bonds. The van der Waals surface area contributed by atoms with E-state index in [4.69, 9.17) is 4.74 Å². The summed E-state index contributed by atoms with van der Waals surface area (Å²) in [6.45, 7) is 0.281. The maximum atomic E-state index is 12.6. The van der Waals surface area contributed by atoms with E-state index in [0.717, 1.165) is 5.56 Å². The lowest BCUT2D eigenvalue weighted by atomic mass is 10.1. The van der Waals surface area contributed by atoms with Gasteiger partial charge in [-0.25, -0.2) is 0 Å². The van der Waals surface area contributed by atoms with Gasteiger partial charge in [-0.15, -0.1) is 0 Å². The van der Waals surface area contributed by atoms with Crippen LogP contribution in [0.5, 0.6) is 5.75 Å². The zero-order chi connectivity index (χ0) is 18.3. The number of halogens is 2. The molecule has 0 fully saturated rings. The number of benzene rings is 1. The minimum absolute atomic E-state index is 0.0583. The van der Waals surface area contributed by atoms with E-state index in [1.165, 1.54) is 0 Å². The van der Waals surface area contributed by atoms with Crippen molar-refractivity contribution >= 4 is 5.91 Å². The van der Waals surface area contributed by atoms with E-state index in [0.29, 0.717) is 17.0 Å². The van der Waals surface area contributed by atoms with E-state index in [-0.39, 0.29) is 24.4 Å². The van der Waals surface area contributed by atoms with Gasteiger partial charge in [0.25, 0.3) is 11.8 Å². The predicted octanol–water partition coefficient (Wildman–Crippen LogP) is 2.88. The molecule has 7 nitrogen and oxygen atoms in total. The van der Waals surface area contributed by atoms with Gasteiger partial charge in [-0.05, 0) is 18.2 Å². The molecule has 0 radical (unpaired) electrons. The first kappa shape index (κ1) is 16.2. The molecule has 1 aliphatic rings. The quantitative estimate of drug-likeness (QED) is 0.774. The molecule has 0 unspecified atom stereocenters. The zero-order valence-corrected chi connectivity index (χ0v) is 13.6. The third-order valence-electron chi connectivity index (χ3n) is 4.16. The van der Waals surface area contributed by atoms with Crippen molar-refractivity contribution in [2.24, 2.45) is 7.05 Å². The van der Waals surface area contributed by atoms with Gasteiger partial charge < -0.3 is 19.1 Å². The standard InChI is InChI=1S/C17H14F2N4O3/c1-23-6-2-3-12(23)16(24)20-11-8-25-13-7-9(4-5-10(11)13)15-21-17(14(18)19)26-22-15/h2-7,11,14H,8H2,1H3,(H,20,24)/t11-/m1/s1. The van der Waals surface area contributed by atoms with E-state index in [1.807, 2.05) is 0 Å². The molecule has 0 bridgehead atoms. The molecule has 1 aliphatic heterocycles. The number of carbonyl (C=O) groups excluding carboxylic acids is 1. The third kappa shape index (κ3) is 2.81. The average molecular weight is 360 g/mol. The first-order valence-corrected chi connectivity index (χ1v) is 7.84. The van der Waals surface area contributed by atoms with Gasteiger partial charge in [-0.2, -0.15) is 13.8 Å². The Morgan fingerprint density at radius 2 is 2.23 bits per heavy atom. The first-order valence-electron chi connectivity index (χ1n) is 7.84. The topological polar surface area (TPSA) is 82.2 Å². The van der Waals surface area contributed by atoms with E-state index < -0.39 is 12.3 Å². The fourth-order valence-electron chi connectivity index (χ4n) is 2.84. The number of carbonyl (C=O) groups is 1. The highest BCUT2D eigenvalue weighted by molar-refractivity contribution is 5.93. The summed E-state index contributed by atoms with van der Waals surface area (Å²) in [6, 6.07) is 8.29. The van der Waals surface area contributed by atoms with E-state index in [9.17, 15) is 13.6 Å². The summed E-state index contributed by atoms with van der Waals surface area (Å²) in [7, 11) is 1.79. The molecular weight excluding hydrogens is 346 g/mol. The van der Waals surface area contributed by atoms with Crippen LogP contribution in [0.1, 0.15) is 34.4 Å². The van der Waals surface area contributed by atoms with Gasteiger partial charge in [0.1, 0.15) is 18.1 Å². The number of amides is 1. The predicted molar refractivity (Wildman–Crippen MR) is 85.8 cm³/mol.